The molecule has 0 radical (unpaired) electrons. The van der Waals surface area contributed by atoms with Crippen LogP contribution in [0.3, 0.4) is 0 Å². The lowest BCUT2D eigenvalue weighted by Gasteiger charge is -2.35. The average molecular weight is 270 g/mol. The van der Waals surface area contributed by atoms with Gasteiger partial charge in [-0.15, -0.1) is 0 Å². The Balaban J connectivity index is 2.48. The van der Waals surface area contributed by atoms with Gasteiger partial charge < -0.3 is 4.74 Å². The van der Waals surface area contributed by atoms with Crippen LogP contribution in [0.1, 0.15) is 5.56 Å². The van der Waals surface area contributed by atoms with Crippen LogP contribution in [0, 0.1) is 0 Å². The largest absolute Gasteiger partial charge is 0.379 e. The van der Waals surface area contributed by atoms with E-state index in [9.17, 15) is 8.42 Å². The normalized spacial score (nSPS) is 20.0. The molecule has 0 unspecified atom stereocenters. The molecule has 0 amide bonds. The zero-order valence-corrected chi connectivity index (χ0v) is 11.6. The topological polar surface area (TPSA) is 49.9 Å². The number of anilines is 1. The van der Waals surface area contributed by atoms with Gasteiger partial charge in [0.15, 0.2) is 0 Å². The molecule has 5 nitrogen and oxygen atoms in total. The highest BCUT2D eigenvalue weighted by Gasteiger charge is 2.33. The first-order valence-corrected chi connectivity index (χ1v) is 7.17. The average Bonchev–Trinajstić information content (AvgIpc) is 2.37. The molecule has 1 aromatic rings. The van der Waals surface area contributed by atoms with Crippen molar-refractivity contribution in [2.75, 3.05) is 32.1 Å². The summed E-state index contributed by atoms with van der Waals surface area (Å²) in [5.74, 6) is 0. The number of methoxy groups -OCH3 is 1. The van der Waals surface area contributed by atoms with Crippen molar-refractivity contribution in [3.63, 3.8) is 0 Å². The Kier molecular flexibility index (Phi) is 3.61. The number of ether oxygens (including phenoxy) is 1. The van der Waals surface area contributed by atoms with Crippen LogP contribution < -0.4 is 4.31 Å². The van der Waals surface area contributed by atoms with Gasteiger partial charge in [0.05, 0.1) is 18.3 Å². The van der Waals surface area contributed by atoms with Crippen LogP contribution in [0.5, 0.6) is 0 Å². The molecule has 0 saturated carbocycles. The summed E-state index contributed by atoms with van der Waals surface area (Å²) < 4.78 is 32.6. The van der Waals surface area contributed by atoms with E-state index in [2.05, 4.69) is 0 Å². The Hall–Kier alpha value is -1.11. The molecule has 0 bridgehead atoms. The summed E-state index contributed by atoms with van der Waals surface area (Å²) in [6.07, 6.45) is 0.640. The molecule has 0 aliphatic carbocycles. The Morgan fingerprint density at radius 2 is 2.00 bits per heavy atom. The smallest absolute Gasteiger partial charge is 0.303 e. The van der Waals surface area contributed by atoms with E-state index >= 15 is 0 Å². The molecule has 1 heterocycles. The highest BCUT2D eigenvalue weighted by molar-refractivity contribution is 7.90. The van der Waals surface area contributed by atoms with Crippen molar-refractivity contribution in [2.24, 2.45) is 0 Å². The quantitative estimate of drug-likeness (QED) is 0.819. The van der Waals surface area contributed by atoms with Crippen molar-refractivity contribution >= 4 is 15.9 Å². The molecule has 100 valence electrons. The van der Waals surface area contributed by atoms with Crippen LogP contribution in [0.25, 0.3) is 0 Å². The lowest BCUT2D eigenvalue weighted by molar-refractivity contribution is 0.107. The summed E-state index contributed by atoms with van der Waals surface area (Å²) in [6, 6.07) is 7.54. The number of para-hydroxylation sites is 1. The van der Waals surface area contributed by atoms with E-state index in [1.165, 1.54) is 22.7 Å². The highest BCUT2D eigenvalue weighted by atomic mass is 32.2. The van der Waals surface area contributed by atoms with Crippen molar-refractivity contribution in [3.05, 3.63) is 29.8 Å². The molecule has 0 N–H and O–H groups in total. The number of hydrogen-bond donors (Lipinski definition) is 0. The second kappa shape index (κ2) is 4.87. The first kappa shape index (κ1) is 13.3. The summed E-state index contributed by atoms with van der Waals surface area (Å²) in [7, 11) is 1.21. The summed E-state index contributed by atoms with van der Waals surface area (Å²) in [6.45, 7) is 0.355. The minimum Gasteiger partial charge on any atom is -0.379 e. The molecular formula is C12H18N2O3S. The maximum absolute atomic E-state index is 12.3. The molecule has 1 atom stereocenters. The Morgan fingerprint density at radius 1 is 1.33 bits per heavy atom. The van der Waals surface area contributed by atoms with Gasteiger partial charge in [0.25, 0.3) is 0 Å². The van der Waals surface area contributed by atoms with Crippen LogP contribution >= 0.6 is 0 Å². The molecule has 2 rings (SSSR count). The SMILES string of the molecule is CO[C@H]1Cc2ccccc2N(S(=O)(=O)N(C)C)C1. The second-order valence-electron chi connectivity index (χ2n) is 4.51. The Labute approximate surface area is 108 Å². The van der Waals surface area contributed by atoms with Gasteiger partial charge in [0.1, 0.15) is 0 Å². The van der Waals surface area contributed by atoms with Gasteiger partial charge in [0, 0.05) is 27.6 Å². The number of nitrogens with zero attached hydrogens (tertiary/aromatic N) is 2. The maximum atomic E-state index is 12.3. The Bertz CT molecular complexity index is 528. The van der Waals surface area contributed by atoms with Gasteiger partial charge in [-0.25, -0.2) is 0 Å². The molecule has 0 aromatic heterocycles. The van der Waals surface area contributed by atoms with Crippen molar-refractivity contribution in [3.8, 4) is 0 Å². The zero-order valence-electron chi connectivity index (χ0n) is 10.8. The van der Waals surface area contributed by atoms with Gasteiger partial charge in [-0.2, -0.15) is 12.7 Å². The molecule has 6 heteroatoms. The predicted octanol–water partition coefficient (Wildman–Crippen LogP) is 0.871. The van der Waals surface area contributed by atoms with Gasteiger partial charge in [-0.05, 0) is 11.6 Å². The van der Waals surface area contributed by atoms with Gasteiger partial charge >= 0.3 is 10.2 Å². The minimum atomic E-state index is -3.47. The van der Waals surface area contributed by atoms with Crippen LogP contribution in [0.2, 0.25) is 0 Å². The number of fused-ring (bicyclic) bond motifs is 1. The molecule has 1 aromatic carbocycles. The third kappa shape index (κ3) is 2.23. The van der Waals surface area contributed by atoms with Crippen molar-refractivity contribution < 1.29 is 13.2 Å². The van der Waals surface area contributed by atoms with Gasteiger partial charge in [0.2, 0.25) is 0 Å². The summed E-state index contributed by atoms with van der Waals surface area (Å²) >= 11 is 0. The van der Waals surface area contributed by atoms with Crippen LogP contribution in [0.15, 0.2) is 24.3 Å². The summed E-state index contributed by atoms with van der Waals surface area (Å²) in [5, 5.41) is 0. The third-order valence-corrected chi connectivity index (χ3v) is 4.98. The molecule has 0 fully saturated rings. The van der Waals surface area contributed by atoms with Crippen molar-refractivity contribution in [1.29, 1.82) is 0 Å². The number of rotatable bonds is 3. The fourth-order valence-electron chi connectivity index (χ4n) is 2.09. The molecule has 1 aliphatic heterocycles. The van der Waals surface area contributed by atoms with Crippen molar-refractivity contribution in [2.45, 2.75) is 12.5 Å². The van der Waals surface area contributed by atoms with E-state index < -0.39 is 10.2 Å². The van der Waals surface area contributed by atoms with Crippen LogP contribution in [-0.2, 0) is 21.4 Å². The first-order chi connectivity index (χ1) is 8.46. The van der Waals surface area contributed by atoms with Crippen molar-refractivity contribution in [1.82, 2.24) is 4.31 Å². The molecule has 18 heavy (non-hydrogen) atoms. The van der Waals surface area contributed by atoms with Crippen LogP contribution in [0.4, 0.5) is 5.69 Å². The fourth-order valence-corrected chi connectivity index (χ4v) is 3.27. The fraction of sp³-hybridized carbons (Fsp3) is 0.500. The monoisotopic (exact) mass is 270 g/mol. The summed E-state index contributed by atoms with van der Waals surface area (Å²) in [4.78, 5) is 0. The number of hydrogen-bond acceptors (Lipinski definition) is 3. The summed E-state index contributed by atoms with van der Waals surface area (Å²) in [5.41, 5.74) is 1.75. The maximum Gasteiger partial charge on any atom is 0.303 e. The predicted molar refractivity (Wildman–Crippen MR) is 70.9 cm³/mol. The van der Waals surface area contributed by atoms with E-state index in [0.717, 1.165) is 17.7 Å². The highest BCUT2D eigenvalue weighted by Crippen LogP contribution is 2.30. The third-order valence-electron chi connectivity index (χ3n) is 3.15. The van der Waals surface area contributed by atoms with E-state index in [-0.39, 0.29) is 6.10 Å². The minimum absolute atomic E-state index is 0.102. The molecule has 0 spiro atoms. The molecule has 1 aliphatic rings. The van der Waals surface area contributed by atoms with Gasteiger partial charge in [-0.3, -0.25) is 4.31 Å². The first-order valence-electron chi connectivity index (χ1n) is 5.77. The standard InChI is InChI=1S/C12H18N2O3S/c1-13(2)18(15,16)14-9-11(17-3)8-10-6-4-5-7-12(10)14/h4-7,11H,8-9H2,1-3H3/t11-/m0/s1. The van der Waals surface area contributed by atoms with E-state index in [4.69, 9.17) is 4.74 Å². The lowest BCUT2D eigenvalue weighted by Crippen LogP contribution is -2.47. The van der Waals surface area contributed by atoms with Gasteiger partial charge in [-0.1, -0.05) is 18.2 Å². The van der Waals surface area contributed by atoms with Crippen LogP contribution in [-0.4, -0.2) is 46.6 Å². The molecule has 0 saturated heterocycles. The Morgan fingerprint density at radius 3 is 2.61 bits per heavy atom. The zero-order chi connectivity index (χ0) is 13.3. The van der Waals surface area contributed by atoms with E-state index in [1.807, 2.05) is 24.3 Å². The van der Waals surface area contributed by atoms with E-state index in [1.54, 1.807) is 7.11 Å². The lowest BCUT2D eigenvalue weighted by atomic mass is 10.0. The second-order valence-corrected chi connectivity index (χ2v) is 6.58. The van der Waals surface area contributed by atoms with E-state index in [0.29, 0.717) is 6.54 Å². The molecular weight excluding hydrogens is 252 g/mol. The number of benzene rings is 1.